The Kier molecular flexibility index (Phi) is 3.36. The Morgan fingerprint density at radius 1 is 1.17 bits per heavy atom. The van der Waals surface area contributed by atoms with Crippen LogP contribution in [-0.2, 0) is 6.18 Å². The number of nitrogens with two attached hydrogens (primary N) is 1. The molecule has 0 fully saturated rings. The number of alkyl halides is 3. The number of halogens is 4. The van der Waals surface area contributed by atoms with Crippen molar-refractivity contribution in [1.82, 2.24) is 4.98 Å². The normalized spacial score (nSPS) is 13.6. The first-order valence-corrected chi connectivity index (χ1v) is 5.73. The summed E-state index contributed by atoms with van der Waals surface area (Å²) in [7, 11) is 0. The summed E-state index contributed by atoms with van der Waals surface area (Å²) in [6.45, 7) is 0. The quantitative estimate of drug-likeness (QED) is 0.854. The van der Waals surface area contributed by atoms with Crippen LogP contribution in [0.5, 0.6) is 0 Å². The molecule has 2 nitrogen and oxygen atoms in total. The topological polar surface area (TPSA) is 38.9 Å². The fourth-order valence-corrected chi connectivity index (χ4v) is 2.21. The predicted molar refractivity (Wildman–Crippen MR) is 59.5 cm³/mol. The van der Waals surface area contributed by atoms with E-state index in [-0.39, 0.29) is 4.88 Å². The van der Waals surface area contributed by atoms with Gasteiger partial charge in [-0.25, -0.2) is 9.37 Å². The smallest absolute Gasteiger partial charge is 0.320 e. The molecule has 2 N–H and O–H groups in total. The van der Waals surface area contributed by atoms with Gasteiger partial charge in [0.1, 0.15) is 5.82 Å². The average Bonchev–Trinajstić information content (AvgIpc) is 2.78. The molecule has 2 rings (SSSR count). The molecule has 0 saturated carbocycles. The van der Waals surface area contributed by atoms with Crippen LogP contribution in [0.4, 0.5) is 17.6 Å². The van der Waals surface area contributed by atoms with Crippen molar-refractivity contribution in [2.75, 3.05) is 0 Å². The van der Waals surface area contributed by atoms with Crippen LogP contribution >= 0.6 is 11.3 Å². The molecule has 18 heavy (non-hydrogen) atoms. The van der Waals surface area contributed by atoms with E-state index < -0.39 is 23.0 Å². The molecule has 0 aliphatic rings. The van der Waals surface area contributed by atoms with Crippen molar-refractivity contribution in [2.45, 2.75) is 12.2 Å². The van der Waals surface area contributed by atoms with Crippen LogP contribution in [0.3, 0.4) is 0 Å². The van der Waals surface area contributed by atoms with E-state index in [1.807, 2.05) is 0 Å². The Labute approximate surface area is 104 Å². The van der Waals surface area contributed by atoms with E-state index in [0.29, 0.717) is 16.9 Å². The number of benzene rings is 1. The zero-order valence-corrected chi connectivity index (χ0v) is 9.73. The third-order valence-electron chi connectivity index (χ3n) is 2.30. The molecule has 0 aliphatic heterocycles. The van der Waals surface area contributed by atoms with E-state index in [4.69, 9.17) is 5.73 Å². The van der Waals surface area contributed by atoms with Gasteiger partial charge >= 0.3 is 6.18 Å². The number of aromatic nitrogens is 1. The molecule has 1 unspecified atom stereocenters. The Morgan fingerprint density at radius 2 is 1.78 bits per heavy atom. The first-order valence-electron chi connectivity index (χ1n) is 4.92. The summed E-state index contributed by atoms with van der Waals surface area (Å²) in [6.07, 6.45) is -3.37. The molecule has 0 radical (unpaired) electrons. The van der Waals surface area contributed by atoms with Crippen molar-refractivity contribution >= 4 is 11.3 Å². The highest BCUT2D eigenvalue weighted by Gasteiger charge is 2.35. The van der Waals surface area contributed by atoms with Gasteiger partial charge in [-0.05, 0) is 17.7 Å². The second-order valence-corrected chi connectivity index (χ2v) is 4.66. The zero-order valence-electron chi connectivity index (χ0n) is 8.91. The van der Waals surface area contributed by atoms with E-state index in [1.54, 1.807) is 0 Å². The van der Waals surface area contributed by atoms with Gasteiger partial charge in [0.25, 0.3) is 0 Å². The van der Waals surface area contributed by atoms with E-state index in [2.05, 4.69) is 4.98 Å². The predicted octanol–water partition coefficient (Wildman–Crippen LogP) is 3.35. The molecule has 0 bridgehead atoms. The van der Waals surface area contributed by atoms with E-state index >= 15 is 0 Å². The number of hydrogen-bond donors (Lipinski definition) is 1. The van der Waals surface area contributed by atoms with Crippen LogP contribution < -0.4 is 5.73 Å². The van der Waals surface area contributed by atoms with Gasteiger partial charge in [0.2, 0.25) is 0 Å². The van der Waals surface area contributed by atoms with Crippen LogP contribution in [-0.4, -0.2) is 4.98 Å². The van der Waals surface area contributed by atoms with Gasteiger partial charge in [-0.1, -0.05) is 12.1 Å². The number of rotatable bonds is 2. The summed E-state index contributed by atoms with van der Waals surface area (Å²) in [5, 5.41) is -0.935. The summed E-state index contributed by atoms with van der Waals surface area (Å²) in [5.74, 6) is -0.425. The van der Waals surface area contributed by atoms with Crippen molar-refractivity contribution in [3.05, 3.63) is 51.7 Å². The molecule has 2 aromatic rings. The second kappa shape index (κ2) is 4.66. The summed E-state index contributed by atoms with van der Waals surface area (Å²) in [5.41, 5.74) is 6.34. The van der Waals surface area contributed by atoms with Gasteiger partial charge in [-0.3, -0.25) is 0 Å². The van der Waals surface area contributed by atoms with E-state index in [0.717, 1.165) is 6.20 Å². The van der Waals surface area contributed by atoms with Crippen LogP contribution in [0, 0.1) is 5.82 Å². The minimum atomic E-state index is -4.47. The highest BCUT2D eigenvalue weighted by Crippen LogP contribution is 2.35. The first-order chi connectivity index (χ1) is 8.38. The minimum absolute atomic E-state index is 0.286. The lowest BCUT2D eigenvalue weighted by Crippen LogP contribution is -2.10. The Morgan fingerprint density at radius 3 is 2.28 bits per heavy atom. The number of hydrogen-bond acceptors (Lipinski definition) is 3. The van der Waals surface area contributed by atoms with Crippen LogP contribution in [0.15, 0.2) is 30.5 Å². The molecule has 0 aliphatic carbocycles. The van der Waals surface area contributed by atoms with Gasteiger partial charge in [0.05, 0.1) is 6.04 Å². The van der Waals surface area contributed by atoms with Gasteiger partial charge in [-0.15, -0.1) is 11.3 Å². The number of nitrogens with zero attached hydrogens (tertiary/aromatic N) is 1. The second-order valence-electron chi connectivity index (χ2n) is 3.59. The third kappa shape index (κ3) is 2.68. The molecule has 0 saturated heterocycles. The fourth-order valence-electron chi connectivity index (χ4n) is 1.40. The Hall–Kier alpha value is -1.47. The molecule has 0 spiro atoms. The van der Waals surface area contributed by atoms with Crippen molar-refractivity contribution in [1.29, 1.82) is 0 Å². The summed E-state index contributed by atoms with van der Waals surface area (Å²) in [4.78, 5) is 3.58. The maximum absolute atomic E-state index is 12.7. The lowest BCUT2D eigenvalue weighted by Gasteiger charge is -2.09. The highest BCUT2D eigenvalue weighted by atomic mass is 32.1. The van der Waals surface area contributed by atoms with Crippen molar-refractivity contribution in [3.63, 3.8) is 0 Å². The molecule has 0 amide bonds. The highest BCUT2D eigenvalue weighted by molar-refractivity contribution is 7.11. The maximum Gasteiger partial charge on any atom is 0.443 e. The molecule has 7 heteroatoms. The van der Waals surface area contributed by atoms with Gasteiger partial charge in [0.15, 0.2) is 5.01 Å². The number of thiazole rings is 1. The van der Waals surface area contributed by atoms with Crippen LogP contribution in [0.1, 0.15) is 21.5 Å². The third-order valence-corrected chi connectivity index (χ3v) is 3.43. The van der Waals surface area contributed by atoms with Crippen LogP contribution in [0.2, 0.25) is 0 Å². The first kappa shape index (κ1) is 13.0. The Balaban J connectivity index is 2.26. The van der Waals surface area contributed by atoms with E-state index in [9.17, 15) is 17.6 Å². The lowest BCUT2D eigenvalue weighted by molar-refractivity contribution is -0.137. The standard InChI is InChI=1S/C11H8F4N2S/c12-7-3-1-6(2-4-7)9(16)8-5-17-10(18-8)11(13,14)15/h1-5,9H,16H2. The van der Waals surface area contributed by atoms with Gasteiger partial charge < -0.3 is 5.73 Å². The summed E-state index contributed by atoms with van der Waals surface area (Å²) >= 11 is 0.492. The molecule has 1 heterocycles. The monoisotopic (exact) mass is 276 g/mol. The van der Waals surface area contributed by atoms with Crippen LogP contribution in [0.25, 0.3) is 0 Å². The molecular formula is C11H8F4N2S. The molecule has 1 aromatic carbocycles. The maximum atomic E-state index is 12.7. The average molecular weight is 276 g/mol. The molecule has 96 valence electrons. The van der Waals surface area contributed by atoms with Gasteiger partial charge in [0, 0.05) is 11.1 Å². The minimum Gasteiger partial charge on any atom is -0.320 e. The summed E-state index contributed by atoms with van der Waals surface area (Å²) < 4.78 is 49.8. The van der Waals surface area contributed by atoms with Gasteiger partial charge in [-0.2, -0.15) is 13.2 Å². The van der Waals surface area contributed by atoms with Crippen molar-refractivity contribution in [3.8, 4) is 0 Å². The molecule has 1 atom stereocenters. The zero-order chi connectivity index (χ0) is 13.3. The summed E-state index contributed by atoms with van der Waals surface area (Å²) in [6, 6.07) is 4.56. The van der Waals surface area contributed by atoms with E-state index in [1.165, 1.54) is 24.3 Å². The Bertz CT molecular complexity index is 533. The largest absolute Gasteiger partial charge is 0.443 e. The molecule has 1 aromatic heterocycles. The molecular weight excluding hydrogens is 268 g/mol. The fraction of sp³-hybridized carbons (Fsp3) is 0.182. The lowest BCUT2D eigenvalue weighted by atomic mass is 10.1. The SMILES string of the molecule is NC(c1ccc(F)cc1)c1cnc(C(F)(F)F)s1. The van der Waals surface area contributed by atoms with Crippen molar-refractivity contribution in [2.24, 2.45) is 5.73 Å². The van der Waals surface area contributed by atoms with Crippen molar-refractivity contribution < 1.29 is 17.6 Å².